The minimum Gasteiger partial charge on any atom is -0.425 e. The highest BCUT2D eigenvalue weighted by atomic mass is 16.5. The first-order valence-electron chi connectivity index (χ1n) is 5.22. The van der Waals surface area contributed by atoms with Gasteiger partial charge in [-0.3, -0.25) is 9.59 Å². The summed E-state index contributed by atoms with van der Waals surface area (Å²) in [7, 11) is 2.86. The molecule has 18 heavy (non-hydrogen) atoms. The second-order valence-electron chi connectivity index (χ2n) is 3.34. The lowest BCUT2D eigenvalue weighted by Crippen LogP contribution is -2.11. The summed E-state index contributed by atoms with van der Waals surface area (Å²) in [6.45, 7) is 1.32. The molecule has 0 heterocycles. The molecule has 0 saturated heterocycles. The van der Waals surface area contributed by atoms with Gasteiger partial charge in [0, 0.05) is 14.0 Å². The normalized spacial score (nSPS) is 10.1. The fourth-order valence-corrected chi connectivity index (χ4v) is 1.27. The maximum Gasteiger partial charge on any atom is 0.436 e. The van der Waals surface area contributed by atoms with E-state index in [1.165, 1.54) is 27.7 Å². The molecule has 0 aliphatic rings. The summed E-state index contributed by atoms with van der Waals surface area (Å²) in [6.07, 6.45) is 3.65. The zero-order valence-corrected chi connectivity index (χ0v) is 10.2. The minimum absolute atomic E-state index is 0.365. The van der Waals surface area contributed by atoms with Crippen LogP contribution in [0, 0.1) is 0 Å². The van der Waals surface area contributed by atoms with Crippen molar-refractivity contribution in [3.8, 4) is 5.75 Å². The van der Waals surface area contributed by atoms with Gasteiger partial charge < -0.3 is 14.6 Å². The molecular weight excluding hydrogens is 233 g/mol. The van der Waals surface area contributed by atoms with Crippen LogP contribution in [0.15, 0.2) is 24.3 Å². The van der Waals surface area contributed by atoms with Gasteiger partial charge in [0.05, 0.1) is 5.69 Å². The first-order valence-corrected chi connectivity index (χ1v) is 5.22. The minimum atomic E-state index is -0.424. The number of carbonyl (C=O) groups is 2. The Labute approximate surface area is 106 Å². The number of hydrogen-bond donors (Lipinski definition) is 1. The number of hydrogen-bond acceptors (Lipinski definition) is 5. The van der Waals surface area contributed by atoms with Crippen molar-refractivity contribution < 1.29 is 19.0 Å². The van der Waals surface area contributed by atoms with Gasteiger partial charge in [0.25, 0.3) is 0 Å². The molecule has 1 radical (unpaired) electrons. The van der Waals surface area contributed by atoms with Crippen molar-refractivity contribution in [2.45, 2.75) is 6.92 Å². The van der Waals surface area contributed by atoms with E-state index in [1.807, 2.05) is 0 Å². The fourth-order valence-electron chi connectivity index (χ4n) is 1.27. The quantitative estimate of drug-likeness (QED) is 0.270. The number of rotatable bonds is 6. The number of ether oxygens (including phenoxy) is 1. The highest BCUT2D eigenvalue weighted by Gasteiger charge is 2.07. The van der Waals surface area contributed by atoms with Gasteiger partial charge in [0.1, 0.15) is 6.29 Å². The molecule has 6 heteroatoms. The molecule has 1 aromatic rings. The molecule has 0 aliphatic carbocycles. The van der Waals surface area contributed by atoms with E-state index in [0.29, 0.717) is 17.7 Å². The first kappa shape index (κ1) is 14.0. The molecule has 0 saturated carbocycles. The molecule has 0 aliphatic heterocycles. The standard InChI is InChI=1S/C12H13BNO4/c1-9(16)18-12-8-10(4-3-7-15)5-6-11(12)14-13-17-2/h3-8,14H,1-2H3/b4-3+. The van der Waals surface area contributed by atoms with Crippen molar-refractivity contribution in [3.05, 3.63) is 29.8 Å². The Morgan fingerprint density at radius 3 is 2.83 bits per heavy atom. The van der Waals surface area contributed by atoms with Crippen LogP contribution in [-0.2, 0) is 14.2 Å². The Kier molecular flexibility index (Phi) is 5.66. The fraction of sp³-hybridized carbons (Fsp3) is 0.167. The van der Waals surface area contributed by atoms with E-state index < -0.39 is 5.97 Å². The van der Waals surface area contributed by atoms with Crippen LogP contribution in [0.2, 0.25) is 0 Å². The molecule has 1 aromatic carbocycles. The van der Waals surface area contributed by atoms with Crippen molar-refractivity contribution in [3.63, 3.8) is 0 Å². The van der Waals surface area contributed by atoms with Crippen LogP contribution in [0.4, 0.5) is 5.69 Å². The van der Waals surface area contributed by atoms with Crippen molar-refractivity contribution >= 4 is 31.6 Å². The molecule has 93 valence electrons. The van der Waals surface area contributed by atoms with Gasteiger partial charge >= 0.3 is 13.6 Å². The molecule has 1 rings (SSSR count). The lowest BCUT2D eigenvalue weighted by Gasteiger charge is -2.10. The van der Waals surface area contributed by atoms with Crippen molar-refractivity contribution in [1.29, 1.82) is 0 Å². The van der Waals surface area contributed by atoms with E-state index in [9.17, 15) is 9.59 Å². The largest absolute Gasteiger partial charge is 0.436 e. The third kappa shape index (κ3) is 4.43. The highest BCUT2D eigenvalue weighted by Crippen LogP contribution is 2.26. The van der Waals surface area contributed by atoms with Crippen LogP contribution in [0.3, 0.4) is 0 Å². The summed E-state index contributed by atoms with van der Waals surface area (Å²) in [5.41, 5.74) is 1.34. The molecule has 1 N–H and O–H groups in total. The smallest absolute Gasteiger partial charge is 0.425 e. The van der Waals surface area contributed by atoms with E-state index >= 15 is 0 Å². The maximum absolute atomic E-state index is 11.0. The monoisotopic (exact) mass is 246 g/mol. The third-order valence-electron chi connectivity index (χ3n) is 1.96. The summed E-state index contributed by atoms with van der Waals surface area (Å²) in [6, 6.07) is 5.14. The lowest BCUT2D eigenvalue weighted by molar-refractivity contribution is -0.131. The Morgan fingerprint density at radius 2 is 2.22 bits per heavy atom. The van der Waals surface area contributed by atoms with E-state index in [2.05, 4.69) is 5.23 Å². The summed E-state index contributed by atoms with van der Waals surface area (Å²) in [5, 5.41) is 2.83. The van der Waals surface area contributed by atoms with Gasteiger partial charge in [0.15, 0.2) is 5.75 Å². The van der Waals surface area contributed by atoms with Crippen molar-refractivity contribution in [1.82, 2.24) is 0 Å². The van der Waals surface area contributed by atoms with Crippen LogP contribution in [-0.4, -0.2) is 27.0 Å². The molecule has 0 amide bonds. The Bertz CT molecular complexity index is 459. The Morgan fingerprint density at radius 1 is 1.44 bits per heavy atom. The number of carbonyl (C=O) groups excluding carboxylic acids is 2. The summed E-state index contributed by atoms with van der Waals surface area (Å²) in [5.74, 6) is -0.0594. The molecule has 5 nitrogen and oxygen atoms in total. The summed E-state index contributed by atoms with van der Waals surface area (Å²) in [4.78, 5) is 21.2. The number of benzene rings is 1. The molecular formula is C12H13BNO4. The summed E-state index contributed by atoms with van der Waals surface area (Å²) >= 11 is 0. The average molecular weight is 246 g/mol. The second-order valence-corrected chi connectivity index (χ2v) is 3.34. The van der Waals surface area contributed by atoms with Gasteiger partial charge in [-0.05, 0) is 23.8 Å². The van der Waals surface area contributed by atoms with E-state index in [0.717, 1.165) is 5.56 Å². The molecule has 0 fully saturated rings. The summed E-state index contributed by atoms with van der Waals surface area (Å²) < 4.78 is 9.83. The predicted molar refractivity (Wildman–Crippen MR) is 69.2 cm³/mol. The van der Waals surface area contributed by atoms with Gasteiger partial charge in [0.2, 0.25) is 0 Å². The van der Waals surface area contributed by atoms with Crippen molar-refractivity contribution in [2.24, 2.45) is 0 Å². The maximum atomic E-state index is 11.0. The molecule has 0 atom stereocenters. The van der Waals surface area contributed by atoms with Crippen molar-refractivity contribution in [2.75, 3.05) is 12.3 Å². The number of nitrogens with one attached hydrogen (secondary N) is 1. The third-order valence-corrected chi connectivity index (χ3v) is 1.96. The SMILES string of the molecule is CO[B]Nc1ccc(/C=C/C=O)cc1OC(C)=O. The van der Waals surface area contributed by atoms with Crippen LogP contribution in [0.25, 0.3) is 6.08 Å². The highest BCUT2D eigenvalue weighted by molar-refractivity contribution is 6.32. The Balaban J connectivity index is 2.99. The van der Waals surface area contributed by atoms with E-state index in [4.69, 9.17) is 9.39 Å². The first-order chi connectivity index (χ1) is 8.67. The predicted octanol–water partition coefficient (Wildman–Crippen LogP) is 1.42. The number of aldehydes is 1. The number of allylic oxidation sites excluding steroid dienone is 1. The molecule has 0 unspecified atom stereocenters. The van der Waals surface area contributed by atoms with Gasteiger partial charge in [-0.2, -0.15) is 0 Å². The zero-order chi connectivity index (χ0) is 13.4. The van der Waals surface area contributed by atoms with Crippen LogP contribution >= 0.6 is 0 Å². The number of anilines is 1. The average Bonchev–Trinajstić information content (AvgIpc) is 2.34. The van der Waals surface area contributed by atoms with Crippen LogP contribution in [0.5, 0.6) is 5.75 Å². The topological polar surface area (TPSA) is 64.6 Å². The lowest BCUT2D eigenvalue weighted by atomic mass is 10.1. The van der Waals surface area contributed by atoms with E-state index in [1.54, 1.807) is 24.3 Å². The van der Waals surface area contributed by atoms with E-state index in [-0.39, 0.29) is 0 Å². The van der Waals surface area contributed by atoms with Crippen LogP contribution in [0.1, 0.15) is 12.5 Å². The molecule has 0 spiro atoms. The second kappa shape index (κ2) is 7.29. The molecule has 0 bridgehead atoms. The Hall–Kier alpha value is -2.08. The van der Waals surface area contributed by atoms with Gasteiger partial charge in [-0.25, -0.2) is 0 Å². The number of esters is 1. The van der Waals surface area contributed by atoms with Crippen LogP contribution < -0.4 is 9.96 Å². The zero-order valence-electron chi connectivity index (χ0n) is 10.2. The van der Waals surface area contributed by atoms with Gasteiger partial charge in [-0.15, -0.1) is 0 Å². The molecule has 0 aromatic heterocycles. The van der Waals surface area contributed by atoms with Gasteiger partial charge in [-0.1, -0.05) is 12.1 Å².